The Bertz CT molecular complexity index is 563. The largest absolute Gasteiger partial charge is 0.306 e. The van der Waals surface area contributed by atoms with Crippen LogP contribution in [0.25, 0.3) is 0 Å². The zero-order chi connectivity index (χ0) is 14.5. The molecule has 1 unspecified atom stereocenters. The number of halogens is 1. The molecule has 0 aliphatic carbocycles. The van der Waals surface area contributed by atoms with E-state index in [1.165, 1.54) is 6.07 Å². The van der Waals surface area contributed by atoms with Crippen molar-refractivity contribution in [3.8, 4) is 0 Å². The van der Waals surface area contributed by atoms with Gasteiger partial charge in [-0.3, -0.25) is 4.68 Å². The summed E-state index contributed by atoms with van der Waals surface area (Å²) >= 11 is 0. The fourth-order valence-electron chi connectivity index (χ4n) is 2.41. The highest BCUT2D eigenvalue weighted by Gasteiger charge is 2.17. The molecule has 1 aromatic heterocycles. The van der Waals surface area contributed by atoms with E-state index in [-0.39, 0.29) is 11.9 Å². The van der Waals surface area contributed by atoms with Crippen LogP contribution in [0, 0.1) is 12.7 Å². The standard InChI is InChI=1S/C16H22FN3/c1-4-8-20-11-13(10-19-20)16(18-5-2)15-9-14(17)7-6-12(15)3/h6-7,9-11,16,18H,4-5,8H2,1-3H3. The van der Waals surface area contributed by atoms with Gasteiger partial charge in [0.15, 0.2) is 0 Å². The molecule has 1 aromatic carbocycles. The Hall–Kier alpha value is -1.68. The maximum atomic E-state index is 13.5. The minimum absolute atomic E-state index is 0.0127. The molecule has 20 heavy (non-hydrogen) atoms. The van der Waals surface area contributed by atoms with Crippen molar-refractivity contribution >= 4 is 0 Å². The number of aromatic nitrogens is 2. The normalized spacial score (nSPS) is 12.6. The van der Waals surface area contributed by atoms with Gasteiger partial charge in [0, 0.05) is 18.3 Å². The summed E-state index contributed by atoms with van der Waals surface area (Å²) in [4.78, 5) is 0. The highest BCUT2D eigenvalue weighted by molar-refractivity contribution is 5.35. The quantitative estimate of drug-likeness (QED) is 0.875. The van der Waals surface area contributed by atoms with Gasteiger partial charge in [0.25, 0.3) is 0 Å². The van der Waals surface area contributed by atoms with E-state index >= 15 is 0 Å². The summed E-state index contributed by atoms with van der Waals surface area (Å²) in [6.45, 7) is 7.91. The van der Waals surface area contributed by atoms with Gasteiger partial charge < -0.3 is 5.32 Å². The predicted molar refractivity (Wildman–Crippen MR) is 79.2 cm³/mol. The van der Waals surface area contributed by atoms with Gasteiger partial charge >= 0.3 is 0 Å². The molecule has 0 amide bonds. The zero-order valence-corrected chi connectivity index (χ0v) is 12.4. The number of rotatable bonds is 6. The summed E-state index contributed by atoms with van der Waals surface area (Å²) in [5.74, 6) is -0.200. The molecule has 1 N–H and O–H groups in total. The first-order valence-corrected chi connectivity index (χ1v) is 7.17. The second kappa shape index (κ2) is 6.66. The molecule has 0 radical (unpaired) electrons. The van der Waals surface area contributed by atoms with Crippen LogP contribution in [0.3, 0.4) is 0 Å². The number of hydrogen-bond donors (Lipinski definition) is 1. The van der Waals surface area contributed by atoms with Crippen LogP contribution in [0.15, 0.2) is 30.6 Å². The average molecular weight is 275 g/mol. The minimum atomic E-state index is -0.200. The summed E-state index contributed by atoms with van der Waals surface area (Å²) in [6.07, 6.45) is 4.96. The topological polar surface area (TPSA) is 29.9 Å². The van der Waals surface area contributed by atoms with Gasteiger partial charge in [0.1, 0.15) is 5.82 Å². The van der Waals surface area contributed by atoms with Crippen LogP contribution in [0.4, 0.5) is 4.39 Å². The molecule has 1 heterocycles. The molecule has 0 aliphatic rings. The average Bonchev–Trinajstić information content (AvgIpc) is 2.88. The predicted octanol–water partition coefficient (Wildman–Crippen LogP) is 3.44. The smallest absolute Gasteiger partial charge is 0.123 e. The van der Waals surface area contributed by atoms with Crippen LogP contribution in [0.1, 0.15) is 43.0 Å². The van der Waals surface area contributed by atoms with Crippen molar-refractivity contribution in [2.75, 3.05) is 6.54 Å². The maximum absolute atomic E-state index is 13.5. The van der Waals surface area contributed by atoms with Crippen LogP contribution in [-0.2, 0) is 6.54 Å². The van der Waals surface area contributed by atoms with Crippen molar-refractivity contribution in [1.29, 1.82) is 0 Å². The van der Waals surface area contributed by atoms with Crippen LogP contribution in [0.2, 0.25) is 0 Å². The summed E-state index contributed by atoms with van der Waals surface area (Å²) in [5, 5.41) is 7.79. The second-order valence-corrected chi connectivity index (χ2v) is 5.03. The highest BCUT2D eigenvalue weighted by atomic mass is 19.1. The fourth-order valence-corrected chi connectivity index (χ4v) is 2.41. The van der Waals surface area contributed by atoms with Crippen molar-refractivity contribution in [2.24, 2.45) is 0 Å². The lowest BCUT2D eigenvalue weighted by atomic mass is 9.97. The van der Waals surface area contributed by atoms with Gasteiger partial charge in [-0.1, -0.05) is 19.9 Å². The van der Waals surface area contributed by atoms with E-state index in [4.69, 9.17) is 0 Å². The molecule has 0 aliphatic heterocycles. The third kappa shape index (κ3) is 3.25. The summed E-state index contributed by atoms with van der Waals surface area (Å²) in [6, 6.07) is 4.93. The van der Waals surface area contributed by atoms with Crippen LogP contribution < -0.4 is 5.32 Å². The Labute approximate surface area is 119 Å². The van der Waals surface area contributed by atoms with Crippen molar-refractivity contribution in [3.63, 3.8) is 0 Å². The van der Waals surface area contributed by atoms with Crippen molar-refractivity contribution in [2.45, 2.75) is 39.8 Å². The molecule has 2 rings (SSSR count). The molecule has 4 heteroatoms. The third-order valence-electron chi connectivity index (χ3n) is 3.40. The lowest BCUT2D eigenvalue weighted by molar-refractivity contribution is 0.591. The Morgan fingerprint density at radius 3 is 2.85 bits per heavy atom. The Morgan fingerprint density at radius 2 is 2.15 bits per heavy atom. The third-order valence-corrected chi connectivity index (χ3v) is 3.40. The zero-order valence-electron chi connectivity index (χ0n) is 12.4. The Morgan fingerprint density at radius 1 is 1.35 bits per heavy atom. The van der Waals surface area contributed by atoms with Gasteiger partial charge in [-0.25, -0.2) is 4.39 Å². The number of nitrogens with one attached hydrogen (secondary N) is 1. The monoisotopic (exact) mass is 275 g/mol. The number of nitrogens with zero attached hydrogens (tertiary/aromatic N) is 2. The van der Waals surface area contributed by atoms with Crippen LogP contribution in [-0.4, -0.2) is 16.3 Å². The molecule has 3 nitrogen and oxygen atoms in total. The summed E-state index contributed by atoms with van der Waals surface area (Å²) < 4.78 is 15.5. The molecule has 0 bridgehead atoms. The Kier molecular flexibility index (Phi) is 4.90. The number of benzene rings is 1. The Balaban J connectivity index is 2.36. The van der Waals surface area contributed by atoms with Crippen LogP contribution in [0.5, 0.6) is 0 Å². The first-order valence-electron chi connectivity index (χ1n) is 7.17. The van der Waals surface area contributed by atoms with Crippen molar-refractivity contribution < 1.29 is 4.39 Å². The number of aryl methyl sites for hydroxylation is 2. The van der Waals surface area contributed by atoms with Crippen LogP contribution >= 0.6 is 0 Å². The minimum Gasteiger partial charge on any atom is -0.306 e. The van der Waals surface area contributed by atoms with Gasteiger partial charge in [-0.2, -0.15) is 5.10 Å². The molecule has 2 aromatic rings. The first kappa shape index (κ1) is 14.7. The van der Waals surface area contributed by atoms with E-state index in [0.29, 0.717) is 0 Å². The number of hydrogen-bond acceptors (Lipinski definition) is 2. The van der Waals surface area contributed by atoms with Crippen molar-refractivity contribution in [1.82, 2.24) is 15.1 Å². The second-order valence-electron chi connectivity index (χ2n) is 5.03. The SMILES string of the molecule is CCCn1cc(C(NCC)c2cc(F)ccc2C)cn1. The van der Waals surface area contributed by atoms with Gasteiger partial charge in [-0.05, 0) is 43.1 Å². The van der Waals surface area contributed by atoms with Crippen molar-refractivity contribution in [3.05, 3.63) is 53.1 Å². The maximum Gasteiger partial charge on any atom is 0.123 e. The fraction of sp³-hybridized carbons (Fsp3) is 0.438. The lowest BCUT2D eigenvalue weighted by Crippen LogP contribution is -2.22. The molecule has 0 saturated heterocycles. The highest BCUT2D eigenvalue weighted by Crippen LogP contribution is 2.25. The molecular formula is C16H22FN3. The van der Waals surface area contributed by atoms with E-state index in [1.54, 1.807) is 6.07 Å². The summed E-state index contributed by atoms with van der Waals surface area (Å²) in [7, 11) is 0. The van der Waals surface area contributed by atoms with E-state index in [9.17, 15) is 4.39 Å². The van der Waals surface area contributed by atoms with Gasteiger partial charge in [-0.15, -0.1) is 0 Å². The molecule has 0 fully saturated rings. The van der Waals surface area contributed by atoms with Gasteiger partial charge in [0.05, 0.1) is 12.2 Å². The summed E-state index contributed by atoms with van der Waals surface area (Å²) in [5.41, 5.74) is 3.14. The molecule has 1 atom stereocenters. The molecular weight excluding hydrogens is 253 g/mol. The first-order chi connectivity index (χ1) is 9.65. The van der Waals surface area contributed by atoms with Gasteiger partial charge in [0.2, 0.25) is 0 Å². The molecule has 108 valence electrons. The van der Waals surface area contributed by atoms with E-state index in [1.807, 2.05) is 30.1 Å². The lowest BCUT2D eigenvalue weighted by Gasteiger charge is -2.19. The molecule has 0 spiro atoms. The molecule has 0 saturated carbocycles. The van der Waals surface area contributed by atoms with E-state index < -0.39 is 0 Å². The van der Waals surface area contributed by atoms with E-state index in [0.717, 1.165) is 36.2 Å². The van der Waals surface area contributed by atoms with E-state index in [2.05, 4.69) is 24.3 Å².